The van der Waals surface area contributed by atoms with Crippen molar-refractivity contribution in [3.8, 4) is 5.75 Å². The number of carbonyl (C=O) groups excluding carboxylic acids is 1. The first kappa shape index (κ1) is 15.2. The molecule has 0 unspecified atom stereocenters. The first-order valence-electron chi connectivity index (χ1n) is 5.72. The standard InChI is InChI=1S/C13H11F3N2O2S/c1-20-10-4-5-21-11(10)12(19)18-9-3-2-7(17)6-8(9)13(14,15)16/h2-6H,17H2,1H3,(H,18,19). The van der Waals surface area contributed by atoms with Crippen LogP contribution in [0.5, 0.6) is 5.75 Å². The van der Waals surface area contributed by atoms with Crippen LogP contribution in [0.1, 0.15) is 15.2 Å². The molecule has 1 aromatic heterocycles. The third-order valence-corrected chi connectivity index (χ3v) is 3.55. The minimum Gasteiger partial charge on any atom is -0.495 e. The largest absolute Gasteiger partial charge is 0.495 e. The number of thiophene rings is 1. The lowest BCUT2D eigenvalue weighted by atomic mass is 10.1. The summed E-state index contributed by atoms with van der Waals surface area (Å²) in [5.41, 5.74) is 3.99. The van der Waals surface area contributed by atoms with E-state index in [0.29, 0.717) is 5.75 Å². The van der Waals surface area contributed by atoms with Gasteiger partial charge in [-0.25, -0.2) is 0 Å². The Hall–Kier alpha value is -2.22. The second-order valence-corrected chi connectivity index (χ2v) is 4.99. The number of nitrogen functional groups attached to an aromatic ring is 1. The summed E-state index contributed by atoms with van der Waals surface area (Å²) in [6, 6.07) is 4.75. The van der Waals surface area contributed by atoms with Crippen molar-refractivity contribution in [1.29, 1.82) is 0 Å². The lowest BCUT2D eigenvalue weighted by Gasteiger charge is -2.14. The van der Waals surface area contributed by atoms with Crippen molar-refractivity contribution in [3.63, 3.8) is 0 Å². The van der Waals surface area contributed by atoms with Crippen LogP contribution in [0, 0.1) is 0 Å². The number of amides is 1. The highest BCUT2D eigenvalue weighted by Gasteiger charge is 2.34. The number of methoxy groups -OCH3 is 1. The molecule has 112 valence electrons. The molecule has 0 bridgehead atoms. The van der Waals surface area contributed by atoms with Crippen molar-refractivity contribution < 1.29 is 22.7 Å². The fourth-order valence-corrected chi connectivity index (χ4v) is 2.46. The van der Waals surface area contributed by atoms with Crippen LogP contribution in [0.3, 0.4) is 0 Å². The van der Waals surface area contributed by atoms with Crippen LogP contribution in [0.15, 0.2) is 29.6 Å². The van der Waals surface area contributed by atoms with Gasteiger partial charge in [0, 0.05) is 5.69 Å². The number of rotatable bonds is 3. The highest BCUT2D eigenvalue weighted by atomic mass is 32.1. The van der Waals surface area contributed by atoms with Gasteiger partial charge >= 0.3 is 6.18 Å². The van der Waals surface area contributed by atoms with Crippen LogP contribution in [-0.4, -0.2) is 13.0 Å². The Bertz CT molecular complexity index is 668. The quantitative estimate of drug-likeness (QED) is 0.850. The number of alkyl halides is 3. The van der Waals surface area contributed by atoms with Gasteiger partial charge in [0.05, 0.1) is 18.4 Å². The molecular formula is C13H11F3N2O2S. The van der Waals surface area contributed by atoms with E-state index in [0.717, 1.165) is 23.5 Å². The second kappa shape index (κ2) is 5.65. The maximum Gasteiger partial charge on any atom is 0.418 e. The minimum absolute atomic E-state index is 0.0333. The van der Waals surface area contributed by atoms with Crippen molar-refractivity contribution in [3.05, 3.63) is 40.1 Å². The summed E-state index contributed by atoms with van der Waals surface area (Å²) in [6.07, 6.45) is -4.61. The molecule has 2 rings (SSSR count). The Morgan fingerprint density at radius 2 is 2.05 bits per heavy atom. The summed E-state index contributed by atoms with van der Waals surface area (Å²) in [4.78, 5) is 12.2. The molecule has 1 amide bonds. The fraction of sp³-hybridized carbons (Fsp3) is 0.154. The van der Waals surface area contributed by atoms with Gasteiger partial charge in [0.2, 0.25) is 0 Å². The number of carbonyl (C=O) groups is 1. The van der Waals surface area contributed by atoms with Gasteiger partial charge in [-0.05, 0) is 29.6 Å². The van der Waals surface area contributed by atoms with Crippen LogP contribution >= 0.6 is 11.3 Å². The third kappa shape index (κ3) is 3.27. The topological polar surface area (TPSA) is 64.3 Å². The van der Waals surface area contributed by atoms with Gasteiger partial charge in [-0.1, -0.05) is 0 Å². The molecule has 1 aromatic carbocycles. The Kier molecular flexibility index (Phi) is 4.08. The molecule has 0 radical (unpaired) electrons. The Morgan fingerprint density at radius 1 is 1.33 bits per heavy atom. The molecule has 0 spiro atoms. The lowest BCUT2D eigenvalue weighted by molar-refractivity contribution is -0.136. The first-order valence-corrected chi connectivity index (χ1v) is 6.60. The summed E-state index contributed by atoms with van der Waals surface area (Å²) >= 11 is 1.07. The molecule has 0 fully saturated rings. The molecule has 1 heterocycles. The predicted molar refractivity (Wildman–Crippen MR) is 74.7 cm³/mol. The van der Waals surface area contributed by atoms with Crippen LogP contribution in [0.4, 0.5) is 24.5 Å². The van der Waals surface area contributed by atoms with E-state index in [4.69, 9.17) is 10.5 Å². The van der Waals surface area contributed by atoms with Gasteiger partial charge in [-0.3, -0.25) is 4.79 Å². The first-order chi connectivity index (χ1) is 9.82. The third-order valence-electron chi connectivity index (χ3n) is 2.65. The van der Waals surface area contributed by atoms with E-state index in [-0.39, 0.29) is 16.3 Å². The van der Waals surface area contributed by atoms with E-state index in [9.17, 15) is 18.0 Å². The summed E-state index contributed by atoms with van der Waals surface area (Å²) in [7, 11) is 1.38. The SMILES string of the molecule is COc1ccsc1C(=O)Nc1ccc(N)cc1C(F)(F)F. The molecule has 0 saturated carbocycles. The zero-order chi connectivity index (χ0) is 15.6. The molecule has 21 heavy (non-hydrogen) atoms. The Morgan fingerprint density at radius 3 is 2.67 bits per heavy atom. The van der Waals surface area contributed by atoms with Gasteiger partial charge in [0.1, 0.15) is 10.6 Å². The molecule has 0 aliphatic rings. The molecule has 0 aliphatic carbocycles. The molecular weight excluding hydrogens is 305 g/mol. The molecule has 3 N–H and O–H groups in total. The molecule has 0 aliphatic heterocycles. The van der Waals surface area contributed by atoms with Gasteiger partial charge in [0.15, 0.2) is 0 Å². The van der Waals surface area contributed by atoms with E-state index >= 15 is 0 Å². The zero-order valence-electron chi connectivity index (χ0n) is 10.8. The van der Waals surface area contributed by atoms with Crippen molar-refractivity contribution >= 4 is 28.6 Å². The number of nitrogens with two attached hydrogens (primary N) is 1. The average molecular weight is 316 g/mol. The van der Waals surface area contributed by atoms with Crippen LogP contribution in [0.25, 0.3) is 0 Å². The number of hydrogen-bond donors (Lipinski definition) is 2. The monoisotopic (exact) mass is 316 g/mol. The number of halogens is 3. The molecule has 0 saturated heterocycles. The maximum atomic E-state index is 12.9. The highest BCUT2D eigenvalue weighted by molar-refractivity contribution is 7.12. The van der Waals surface area contributed by atoms with E-state index in [1.165, 1.54) is 13.2 Å². The van der Waals surface area contributed by atoms with Gasteiger partial charge in [0.25, 0.3) is 5.91 Å². The zero-order valence-corrected chi connectivity index (χ0v) is 11.6. The number of nitrogens with one attached hydrogen (secondary N) is 1. The summed E-state index contributed by atoms with van der Waals surface area (Å²) < 4.78 is 43.8. The van der Waals surface area contributed by atoms with Crippen molar-refractivity contribution in [2.75, 3.05) is 18.2 Å². The van der Waals surface area contributed by atoms with Crippen molar-refractivity contribution in [2.45, 2.75) is 6.18 Å². The molecule has 2 aromatic rings. The summed E-state index contributed by atoms with van der Waals surface area (Å²) in [6.45, 7) is 0. The van der Waals surface area contributed by atoms with Crippen LogP contribution < -0.4 is 15.8 Å². The number of hydrogen-bond acceptors (Lipinski definition) is 4. The van der Waals surface area contributed by atoms with Gasteiger partial charge < -0.3 is 15.8 Å². The summed E-state index contributed by atoms with van der Waals surface area (Å²) in [5, 5.41) is 3.85. The Labute approximate surface area is 122 Å². The highest BCUT2D eigenvalue weighted by Crippen LogP contribution is 2.36. The van der Waals surface area contributed by atoms with E-state index in [1.807, 2.05) is 0 Å². The average Bonchev–Trinajstić information content (AvgIpc) is 2.88. The van der Waals surface area contributed by atoms with E-state index in [1.54, 1.807) is 11.4 Å². The maximum absolute atomic E-state index is 12.9. The molecule has 0 atom stereocenters. The molecule has 4 nitrogen and oxygen atoms in total. The van der Waals surface area contributed by atoms with Crippen LogP contribution in [0.2, 0.25) is 0 Å². The van der Waals surface area contributed by atoms with Crippen LogP contribution in [-0.2, 0) is 6.18 Å². The van der Waals surface area contributed by atoms with Crippen molar-refractivity contribution in [1.82, 2.24) is 0 Å². The fourth-order valence-electron chi connectivity index (χ4n) is 1.71. The summed E-state index contributed by atoms with van der Waals surface area (Å²) in [5.74, 6) is -0.362. The van der Waals surface area contributed by atoms with Gasteiger partial charge in [-0.15, -0.1) is 11.3 Å². The van der Waals surface area contributed by atoms with Crippen molar-refractivity contribution in [2.24, 2.45) is 0 Å². The normalized spacial score (nSPS) is 11.2. The number of ether oxygens (including phenoxy) is 1. The second-order valence-electron chi connectivity index (χ2n) is 4.08. The van der Waals surface area contributed by atoms with E-state index in [2.05, 4.69) is 5.32 Å². The molecule has 8 heteroatoms. The lowest BCUT2D eigenvalue weighted by Crippen LogP contribution is -2.16. The smallest absolute Gasteiger partial charge is 0.418 e. The van der Waals surface area contributed by atoms with E-state index < -0.39 is 17.6 Å². The number of benzene rings is 1. The van der Waals surface area contributed by atoms with Gasteiger partial charge in [-0.2, -0.15) is 13.2 Å². The Balaban J connectivity index is 2.34. The number of anilines is 2. The minimum atomic E-state index is -4.61. The predicted octanol–water partition coefficient (Wildman–Crippen LogP) is 3.61.